The summed E-state index contributed by atoms with van der Waals surface area (Å²) in [5.74, 6) is 1.77. The van der Waals surface area contributed by atoms with Gasteiger partial charge in [-0.05, 0) is 57.1 Å². The smallest absolute Gasteiger partial charge is 0.191 e. The van der Waals surface area contributed by atoms with Gasteiger partial charge in [-0.15, -0.1) is 0 Å². The molecule has 0 spiro atoms. The molecule has 0 aromatic heterocycles. The van der Waals surface area contributed by atoms with E-state index in [2.05, 4.69) is 54.6 Å². The van der Waals surface area contributed by atoms with E-state index < -0.39 is 0 Å². The number of hydrogen-bond acceptors (Lipinski definition) is 3. The fraction of sp³-hybridized carbons (Fsp3) is 0.650. The summed E-state index contributed by atoms with van der Waals surface area (Å²) in [6.45, 7) is 8.64. The van der Waals surface area contributed by atoms with Gasteiger partial charge in [0.25, 0.3) is 0 Å². The molecule has 0 saturated heterocycles. The minimum atomic E-state index is 0.161. The van der Waals surface area contributed by atoms with Crippen LogP contribution < -0.4 is 15.4 Å². The molecule has 1 aliphatic rings. The molecule has 0 amide bonds. The molecule has 2 rings (SSSR count). The van der Waals surface area contributed by atoms with Gasteiger partial charge in [-0.25, -0.2) is 0 Å². The van der Waals surface area contributed by atoms with Crippen LogP contribution in [0.3, 0.4) is 0 Å². The van der Waals surface area contributed by atoms with Gasteiger partial charge in [0.05, 0.1) is 6.10 Å². The van der Waals surface area contributed by atoms with Crippen molar-refractivity contribution >= 4 is 5.96 Å². The second-order valence-corrected chi connectivity index (χ2v) is 7.30. The molecule has 1 aliphatic carbocycles. The summed E-state index contributed by atoms with van der Waals surface area (Å²) in [7, 11) is 3.58. The minimum Gasteiger partial charge on any atom is -0.491 e. The molecule has 25 heavy (non-hydrogen) atoms. The van der Waals surface area contributed by atoms with E-state index in [-0.39, 0.29) is 6.10 Å². The number of hydrogen-bond donors (Lipinski definition) is 2. The van der Waals surface area contributed by atoms with Crippen LogP contribution in [0.2, 0.25) is 0 Å². The molecule has 5 heteroatoms. The van der Waals surface area contributed by atoms with Gasteiger partial charge in [0.2, 0.25) is 0 Å². The molecule has 0 heterocycles. The van der Waals surface area contributed by atoms with Gasteiger partial charge >= 0.3 is 0 Å². The second kappa shape index (κ2) is 9.09. The van der Waals surface area contributed by atoms with E-state index in [1.807, 2.05) is 7.05 Å². The maximum atomic E-state index is 5.95. The monoisotopic (exact) mass is 347 g/mol. The summed E-state index contributed by atoms with van der Waals surface area (Å²) in [5, 5.41) is 6.87. The number of methoxy groups -OCH3 is 1. The number of nitrogens with zero attached hydrogens (tertiary/aromatic N) is 1. The maximum absolute atomic E-state index is 5.95. The lowest BCUT2D eigenvalue weighted by molar-refractivity contribution is 0.172. The Morgan fingerprint density at radius 1 is 1.28 bits per heavy atom. The first-order valence-corrected chi connectivity index (χ1v) is 9.18. The van der Waals surface area contributed by atoms with E-state index >= 15 is 0 Å². The zero-order chi connectivity index (χ0) is 18.3. The Kier molecular flexibility index (Phi) is 7.12. The van der Waals surface area contributed by atoms with Crippen LogP contribution in [0.5, 0.6) is 5.75 Å². The summed E-state index contributed by atoms with van der Waals surface area (Å²) in [6.07, 6.45) is 3.81. The third-order valence-corrected chi connectivity index (χ3v) is 4.68. The van der Waals surface area contributed by atoms with Crippen molar-refractivity contribution in [1.29, 1.82) is 0 Å². The number of nitrogens with one attached hydrogen (secondary N) is 2. The van der Waals surface area contributed by atoms with Gasteiger partial charge in [-0.2, -0.15) is 0 Å². The van der Waals surface area contributed by atoms with Crippen molar-refractivity contribution in [2.24, 2.45) is 10.4 Å². The third-order valence-electron chi connectivity index (χ3n) is 4.68. The van der Waals surface area contributed by atoms with Gasteiger partial charge in [0.15, 0.2) is 5.96 Å². The first kappa shape index (κ1) is 19.6. The van der Waals surface area contributed by atoms with Crippen molar-refractivity contribution in [2.75, 3.05) is 27.3 Å². The summed E-state index contributed by atoms with van der Waals surface area (Å²) in [6, 6.07) is 6.33. The molecule has 1 saturated carbocycles. The van der Waals surface area contributed by atoms with Gasteiger partial charge in [-0.3, -0.25) is 4.99 Å². The number of ether oxygens (including phenoxy) is 2. The van der Waals surface area contributed by atoms with Gasteiger partial charge < -0.3 is 20.1 Å². The second-order valence-electron chi connectivity index (χ2n) is 7.30. The molecule has 1 aromatic carbocycles. The molecule has 140 valence electrons. The van der Waals surface area contributed by atoms with Gasteiger partial charge in [-0.1, -0.05) is 12.1 Å². The predicted octanol–water partition coefficient (Wildman–Crippen LogP) is 3.26. The van der Waals surface area contributed by atoms with E-state index in [9.17, 15) is 0 Å². The van der Waals surface area contributed by atoms with E-state index in [1.165, 1.54) is 18.4 Å². The Hall–Kier alpha value is -1.75. The lowest BCUT2D eigenvalue weighted by Crippen LogP contribution is -2.40. The first-order valence-electron chi connectivity index (χ1n) is 9.18. The maximum Gasteiger partial charge on any atom is 0.191 e. The van der Waals surface area contributed by atoms with E-state index in [1.54, 1.807) is 7.11 Å². The number of rotatable bonds is 9. The van der Waals surface area contributed by atoms with E-state index in [0.717, 1.165) is 36.8 Å². The summed E-state index contributed by atoms with van der Waals surface area (Å²) in [5.41, 5.74) is 2.74. The predicted molar refractivity (Wildman–Crippen MR) is 103 cm³/mol. The van der Waals surface area contributed by atoms with Crippen LogP contribution in [0.4, 0.5) is 0 Å². The molecule has 0 aliphatic heterocycles. The van der Waals surface area contributed by atoms with Crippen LogP contribution in [0.1, 0.15) is 44.2 Å². The van der Waals surface area contributed by atoms with E-state index in [0.29, 0.717) is 12.0 Å². The van der Waals surface area contributed by atoms with Crippen LogP contribution >= 0.6 is 0 Å². The highest BCUT2D eigenvalue weighted by molar-refractivity contribution is 5.79. The number of aliphatic imine (C=N–C) groups is 1. The zero-order valence-electron chi connectivity index (χ0n) is 16.3. The SMILES string of the molecule is CN=C(NCc1ccc(C)cc1OC(C)C)NCC1(CCOC)CC1. The molecule has 0 atom stereocenters. The quantitative estimate of drug-likeness (QED) is 0.532. The molecule has 0 bridgehead atoms. The molecule has 5 nitrogen and oxygen atoms in total. The summed E-state index contributed by atoms with van der Waals surface area (Å²) < 4.78 is 11.2. The highest BCUT2D eigenvalue weighted by Crippen LogP contribution is 2.48. The molecule has 1 fully saturated rings. The van der Waals surface area contributed by atoms with Crippen molar-refractivity contribution in [3.63, 3.8) is 0 Å². The highest BCUT2D eigenvalue weighted by atomic mass is 16.5. The molecule has 0 radical (unpaired) electrons. The molecular weight excluding hydrogens is 314 g/mol. The molecule has 1 aromatic rings. The number of benzene rings is 1. The molecule has 2 N–H and O–H groups in total. The Labute approximate surface area is 152 Å². The van der Waals surface area contributed by atoms with Crippen LogP contribution in [0, 0.1) is 12.3 Å². The van der Waals surface area contributed by atoms with Crippen molar-refractivity contribution in [3.8, 4) is 5.75 Å². The Bertz CT molecular complexity index is 580. The average molecular weight is 348 g/mol. The van der Waals surface area contributed by atoms with Crippen molar-refractivity contribution in [2.45, 2.75) is 52.7 Å². The fourth-order valence-electron chi connectivity index (χ4n) is 2.85. The highest BCUT2D eigenvalue weighted by Gasteiger charge is 2.41. The first-order chi connectivity index (χ1) is 12.0. The minimum absolute atomic E-state index is 0.161. The Balaban J connectivity index is 1.88. The Morgan fingerprint density at radius 3 is 2.64 bits per heavy atom. The van der Waals surface area contributed by atoms with Crippen molar-refractivity contribution < 1.29 is 9.47 Å². The fourth-order valence-corrected chi connectivity index (χ4v) is 2.85. The summed E-state index contributed by atoms with van der Waals surface area (Å²) >= 11 is 0. The summed E-state index contributed by atoms with van der Waals surface area (Å²) in [4.78, 5) is 4.34. The van der Waals surface area contributed by atoms with E-state index in [4.69, 9.17) is 9.47 Å². The van der Waals surface area contributed by atoms with Crippen LogP contribution in [0.15, 0.2) is 23.2 Å². The van der Waals surface area contributed by atoms with Crippen LogP contribution in [-0.4, -0.2) is 39.4 Å². The third kappa shape index (κ3) is 6.24. The zero-order valence-corrected chi connectivity index (χ0v) is 16.3. The van der Waals surface area contributed by atoms with Crippen molar-refractivity contribution in [1.82, 2.24) is 10.6 Å². The van der Waals surface area contributed by atoms with Crippen LogP contribution in [-0.2, 0) is 11.3 Å². The topological polar surface area (TPSA) is 54.9 Å². The lowest BCUT2D eigenvalue weighted by atomic mass is 10.0. The normalized spacial score (nSPS) is 16.0. The standard InChI is InChI=1S/C20H33N3O2/c1-15(2)25-18-12-16(3)6-7-17(18)13-22-19(21-4)23-14-20(8-9-20)10-11-24-5/h6-7,12,15H,8-11,13-14H2,1-5H3,(H2,21,22,23). The van der Waals surface area contributed by atoms with Gasteiger partial charge in [0, 0.05) is 39.4 Å². The lowest BCUT2D eigenvalue weighted by Gasteiger charge is -2.19. The Morgan fingerprint density at radius 2 is 2.04 bits per heavy atom. The van der Waals surface area contributed by atoms with Crippen LogP contribution in [0.25, 0.3) is 0 Å². The molecule has 0 unspecified atom stereocenters. The van der Waals surface area contributed by atoms with Gasteiger partial charge in [0.1, 0.15) is 5.75 Å². The largest absolute Gasteiger partial charge is 0.491 e. The number of aryl methyl sites for hydroxylation is 1. The van der Waals surface area contributed by atoms with Crippen molar-refractivity contribution in [3.05, 3.63) is 29.3 Å². The number of guanidine groups is 1. The average Bonchev–Trinajstić information content (AvgIpc) is 3.34. The molecular formula is C20H33N3O2.